The van der Waals surface area contributed by atoms with Gasteiger partial charge >= 0.3 is 5.97 Å². The molecule has 1 aliphatic rings. The molecule has 1 atom stereocenters. The number of hydrogen-bond donors (Lipinski definition) is 1. The molecular weight excluding hydrogens is 324 g/mol. The second-order valence-corrected chi connectivity index (χ2v) is 7.57. The number of benzene rings is 1. The van der Waals surface area contributed by atoms with Gasteiger partial charge in [0.2, 0.25) is 0 Å². The molecule has 1 aromatic carbocycles. The van der Waals surface area contributed by atoms with E-state index in [0.717, 1.165) is 23.7 Å². The van der Waals surface area contributed by atoms with Crippen molar-refractivity contribution in [3.05, 3.63) is 45.9 Å². The molecule has 2 heterocycles. The van der Waals surface area contributed by atoms with Crippen LogP contribution >= 0.6 is 11.3 Å². The molecule has 1 saturated heterocycles. The number of hydrogen-bond acceptors (Lipinski definition) is 5. The highest BCUT2D eigenvalue weighted by atomic mass is 32.1. The van der Waals surface area contributed by atoms with Crippen LogP contribution in [0.5, 0.6) is 5.75 Å². The first-order chi connectivity index (χ1) is 11.4. The Bertz CT molecular complexity index is 741. The highest BCUT2D eigenvalue weighted by molar-refractivity contribution is 7.09. The number of carbonyl (C=O) groups is 1. The normalized spacial score (nSPS) is 20.2. The van der Waals surface area contributed by atoms with Crippen molar-refractivity contribution in [3.8, 4) is 5.75 Å². The summed E-state index contributed by atoms with van der Waals surface area (Å²) in [6.45, 7) is 6.15. The number of thiazole rings is 1. The maximum absolute atomic E-state index is 11.0. The van der Waals surface area contributed by atoms with E-state index in [2.05, 4.69) is 35.9 Å². The Morgan fingerprint density at radius 3 is 2.96 bits per heavy atom. The fraction of sp³-hybridized carbons (Fsp3) is 0.444. The summed E-state index contributed by atoms with van der Waals surface area (Å²) in [5.74, 6) is 0.326. The van der Waals surface area contributed by atoms with Gasteiger partial charge in [-0.25, -0.2) is 9.78 Å². The van der Waals surface area contributed by atoms with E-state index < -0.39 is 5.97 Å². The molecule has 0 amide bonds. The Hall–Kier alpha value is -1.92. The lowest BCUT2D eigenvalue weighted by Crippen LogP contribution is -2.41. The Kier molecular flexibility index (Phi) is 4.60. The summed E-state index contributed by atoms with van der Waals surface area (Å²) in [5, 5.41) is 11.5. The first kappa shape index (κ1) is 16.9. The lowest BCUT2D eigenvalue weighted by atomic mass is 9.82. The van der Waals surface area contributed by atoms with Crippen LogP contribution in [-0.4, -0.2) is 40.2 Å². The van der Waals surface area contributed by atoms with E-state index in [4.69, 9.17) is 9.84 Å². The molecule has 1 aromatic heterocycles. The summed E-state index contributed by atoms with van der Waals surface area (Å²) in [7, 11) is 1.69. The summed E-state index contributed by atoms with van der Waals surface area (Å²) < 4.78 is 5.35. The Balaban J connectivity index is 1.78. The number of carboxylic acids is 1. The van der Waals surface area contributed by atoms with Gasteiger partial charge in [-0.1, -0.05) is 12.1 Å². The van der Waals surface area contributed by atoms with Crippen molar-refractivity contribution in [2.45, 2.75) is 38.3 Å². The average molecular weight is 346 g/mol. The number of aromatic carboxylic acids is 1. The summed E-state index contributed by atoms with van der Waals surface area (Å²) in [5.41, 5.74) is 1.39. The van der Waals surface area contributed by atoms with Crippen molar-refractivity contribution in [1.29, 1.82) is 0 Å². The largest absolute Gasteiger partial charge is 0.497 e. The van der Waals surface area contributed by atoms with Crippen molar-refractivity contribution >= 4 is 17.3 Å². The Morgan fingerprint density at radius 1 is 1.50 bits per heavy atom. The van der Waals surface area contributed by atoms with Crippen LogP contribution in [0.2, 0.25) is 0 Å². The molecule has 2 aromatic rings. The summed E-state index contributed by atoms with van der Waals surface area (Å²) in [4.78, 5) is 17.6. The number of carboxylic acid groups (broad SMARTS) is 1. The van der Waals surface area contributed by atoms with E-state index in [1.165, 1.54) is 16.9 Å². The quantitative estimate of drug-likeness (QED) is 0.896. The summed E-state index contributed by atoms with van der Waals surface area (Å²) >= 11 is 1.41. The number of aromatic nitrogens is 1. The topological polar surface area (TPSA) is 62.7 Å². The summed E-state index contributed by atoms with van der Waals surface area (Å²) in [6.07, 6.45) is 1.07. The molecule has 0 aliphatic carbocycles. The van der Waals surface area contributed by atoms with Gasteiger partial charge < -0.3 is 9.84 Å². The molecular formula is C18H22N2O3S. The fourth-order valence-corrected chi connectivity index (χ4v) is 4.29. The van der Waals surface area contributed by atoms with E-state index >= 15 is 0 Å². The molecule has 0 bridgehead atoms. The molecule has 0 radical (unpaired) electrons. The SMILES string of the molecule is COc1cccc(C2CCN(Cc3nc(C(=O)O)cs3)C2(C)C)c1. The first-order valence-electron chi connectivity index (χ1n) is 7.98. The molecule has 6 heteroatoms. The minimum atomic E-state index is -0.965. The average Bonchev–Trinajstić information content (AvgIpc) is 3.13. The van der Waals surface area contributed by atoms with Gasteiger partial charge in [-0.3, -0.25) is 4.90 Å². The standard InChI is InChI=1S/C18H22N2O3S/c1-18(2)14(12-5-4-6-13(9-12)23-3)7-8-20(18)10-16-19-15(11-24-16)17(21)22/h4-6,9,11,14H,7-8,10H2,1-3H3,(H,21,22). The van der Waals surface area contributed by atoms with Gasteiger partial charge in [-0.15, -0.1) is 11.3 Å². The predicted octanol–water partition coefficient (Wildman–Crippen LogP) is 3.62. The van der Waals surface area contributed by atoms with E-state index in [1.807, 2.05) is 12.1 Å². The third-order valence-electron chi connectivity index (χ3n) is 4.95. The predicted molar refractivity (Wildman–Crippen MR) is 93.9 cm³/mol. The van der Waals surface area contributed by atoms with E-state index in [0.29, 0.717) is 12.5 Å². The third-order valence-corrected chi connectivity index (χ3v) is 5.78. The van der Waals surface area contributed by atoms with Gasteiger partial charge in [-0.05, 0) is 44.5 Å². The number of ether oxygens (including phenoxy) is 1. The molecule has 1 fully saturated rings. The van der Waals surface area contributed by atoms with Gasteiger partial charge in [0.1, 0.15) is 10.8 Å². The Morgan fingerprint density at radius 2 is 2.29 bits per heavy atom. The van der Waals surface area contributed by atoms with Crippen LogP contribution in [0.3, 0.4) is 0 Å². The van der Waals surface area contributed by atoms with E-state index in [9.17, 15) is 4.79 Å². The summed E-state index contributed by atoms with van der Waals surface area (Å²) in [6, 6.07) is 8.27. The fourth-order valence-electron chi connectivity index (χ4n) is 3.51. The van der Waals surface area contributed by atoms with Crippen molar-refractivity contribution in [2.24, 2.45) is 0 Å². The lowest BCUT2D eigenvalue weighted by Gasteiger charge is -2.36. The van der Waals surface area contributed by atoms with Crippen LogP contribution in [0.25, 0.3) is 0 Å². The molecule has 0 spiro atoms. The third kappa shape index (κ3) is 3.16. The zero-order chi connectivity index (χ0) is 17.3. The van der Waals surface area contributed by atoms with Crippen LogP contribution in [0.15, 0.2) is 29.6 Å². The highest BCUT2D eigenvalue weighted by Gasteiger charge is 2.42. The number of nitrogens with zero attached hydrogens (tertiary/aromatic N) is 2. The van der Waals surface area contributed by atoms with Gasteiger partial charge in [-0.2, -0.15) is 0 Å². The van der Waals surface area contributed by atoms with Crippen molar-refractivity contribution < 1.29 is 14.6 Å². The monoisotopic (exact) mass is 346 g/mol. The van der Waals surface area contributed by atoms with Crippen molar-refractivity contribution in [3.63, 3.8) is 0 Å². The molecule has 3 rings (SSSR count). The zero-order valence-corrected chi connectivity index (χ0v) is 15.0. The zero-order valence-electron chi connectivity index (χ0n) is 14.2. The maximum atomic E-state index is 11.0. The second-order valence-electron chi connectivity index (χ2n) is 6.62. The lowest BCUT2D eigenvalue weighted by molar-refractivity contribution is 0.0691. The second kappa shape index (κ2) is 6.53. The van der Waals surface area contributed by atoms with Crippen molar-refractivity contribution in [1.82, 2.24) is 9.88 Å². The number of methoxy groups -OCH3 is 1. The van der Waals surface area contributed by atoms with Crippen LogP contribution in [0.4, 0.5) is 0 Å². The van der Waals surface area contributed by atoms with Crippen LogP contribution in [-0.2, 0) is 6.54 Å². The first-order valence-corrected chi connectivity index (χ1v) is 8.86. The number of rotatable bonds is 5. The molecule has 1 N–H and O–H groups in total. The van der Waals surface area contributed by atoms with Crippen LogP contribution < -0.4 is 4.74 Å². The Labute approximate surface area is 145 Å². The van der Waals surface area contributed by atoms with Gasteiger partial charge in [0.25, 0.3) is 0 Å². The molecule has 24 heavy (non-hydrogen) atoms. The van der Waals surface area contributed by atoms with Gasteiger partial charge in [0.05, 0.1) is 13.7 Å². The molecule has 5 nitrogen and oxygen atoms in total. The van der Waals surface area contributed by atoms with Gasteiger partial charge in [0.15, 0.2) is 5.69 Å². The minimum Gasteiger partial charge on any atom is -0.497 e. The smallest absolute Gasteiger partial charge is 0.355 e. The van der Waals surface area contributed by atoms with E-state index in [-0.39, 0.29) is 11.2 Å². The molecule has 1 aliphatic heterocycles. The van der Waals surface area contributed by atoms with Crippen molar-refractivity contribution in [2.75, 3.05) is 13.7 Å². The van der Waals surface area contributed by atoms with Crippen LogP contribution in [0.1, 0.15) is 47.2 Å². The van der Waals surface area contributed by atoms with E-state index in [1.54, 1.807) is 12.5 Å². The highest BCUT2D eigenvalue weighted by Crippen LogP contribution is 2.43. The minimum absolute atomic E-state index is 0.0264. The van der Waals surface area contributed by atoms with Crippen LogP contribution in [0, 0.1) is 0 Å². The molecule has 0 saturated carbocycles. The number of likely N-dealkylation sites (tertiary alicyclic amines) is 1. The molecule has 128 valence electrons. The molecule has 1 unspecified atom stereocenters. The van der Waals surface area contributed by atoms with Gasteiger partial charge in [0, 0.05) is 16.8 Å². The maximum Gasteiger partial charge on any atom is 0.355 e.